The normalized spacial score (nSPS) is 15.3. The summed E-state index contributed by atoms with van der Waals surface area (Å²) in [7, 11) is 0. The Hall–Kier alpha value is -1.30. The molecule has 1 fully saturated rings. The van der Waals surface area contributed by atoms with Crippen LogP contribution in [0.4, 0.5) is 5.82 Å². The minimum absolute atomic E-state index is 0. The van der Waals surface area contributed by atoms with Crippen molar-refractivity contribution in [1.29, 1.82) is 0 Å². The molecule has 2 aromatic rings. The predicted octanol–water partition coefficient (Wildman–Crippen LogP) is 3.43. The lowest BCUT2D eigenvalue weighted by atomic mass is 10.2. The predicted molar refractivity (Wildman–Crippen MR) is 101 cm³/mol. The molecule has 6 heteroatoms. The van der Waals surface area contributed by atoms with E-state index in [1.54, 1.807) is 11.8 Å². The summed E-state index contributed by atoms with van der Waals surface area (Å²) >= 11 is 1.67. The van der Waals surface area contributed by atoms with Gasteiger partial charge in [0, 0.05) is 37.8 Å². The minimum atomic E-state index is 0. The van der Waals surface area contributed by atoms with Gasteiger partial charge in [-0.15, -0.1) is 24.2 Å². The molecule has 0 saturated carbocycles. The van der Waals surface area contributed by atoms with E-state index in [0.29, 0.717) is 0 Å². The smallest absolute Gasteiger partial charge is 0.162 e. The zero-order valence-electron chi connectivity index (χ0n) is 13.6. The van der Waals surface area contributed by atoms with E-state index in [4.69, 9.17) is 4.98 Å². The van der Waals surface area contributed by atoms with Crippen molar-refractivity contribution in [3.05, 3.63) is 36.4 Å². The van der Waals surface area contributed by atoms with Crippen LogP contribution in [0.25, 0.3) is 11.4 Å². The molecular weight excluding hydrogens is 328 g/mol. The number of piperazine rings is 1. The Balaban J connectivity index is 0.00000192. The van der Waals surface area contributed by atoms with Crippen LogP contribution in [0.2, 0.25) is 0 Å². The lowest BCUT2D eigenvalue weighted by Gasteiger charge is -2.34. The van der Waals surface area contributed by atoms with E-state index in [9.17, 15) is 0 Å². The number of hydrogen-bond donors (Lipinski definition) is 0. The lowest BCUT2D eigenvalue weighted by molar-refractivity contribution is 0.270. The highest BCUT2D eigenvalue weighted by molar-refractivity contribution is 7.98. The first-order valence-corrected chi connectivity index (χ1v) is 8.98. The van der Waals surface area contributed by atoms with Crippen LogP contribution in [0.1, 0.15) is 6.92 Å². The maximum absolute atomic E-state index is 4.81. The maximum Gasteiger partial charge on any atom is 0.162 e. The van der Waals surface area contributed by atoms with Gasteiger partial charge >= 0.3 is 0 Å². The average molecular weight is 351 g/mol. The van der Waals surface area contributed by atoms with Crippen molar-refractivity contribution >= 4 is 30.0 Å². The standard InChI is InChI=1S/C17H22N4S.ClH/c1-3-20-9-11-21(12-10-20)15-13-16(22-2)19-17(18-15)14-7-5-4-6-8-14;/h4-8,13H,3,9-12H2,1-2H3;1H. The lowest BCUT2D eigenvalue weighted by Crippen LogP contribution is -2.46. The van der Waals surface area contributed by atoms with Crippen LogP contribution >= 0.6 is 24.2 Å². The molecule has 2 heterocycles. The highest BCUT2D eigenvalue weighted by Crippen LogP contribution is 2.24. The Morgan fingerprint density at radius 2 is 1.74 bits per heavy atom. The third kappa shape index (κ3) is 4.37. The molecule has 23 heavy (non-hydrogen) atoms. The van der Waals surface area contributed by atoms with Gasteiger partial charge < -0.3 is 9.80 Å². The summed E-state index contributed by atoms with van der Waals surface area (Å²) in [5, 5.41) is 1.03. The first-order valence-electron chi connectivity index (χ1n) is 7.76. The van der Waals surface area contributed by atoms with E-state index in [1.807, 2.05) is 18.2 Å². The minimum Gasteiger partial charge on any atom is -0.354 e. The third-order valence-corrected chi connectivity index (χ3v) is 4.70. The van der Waals surface area contributed by atoms with Crippen LogP contribution in [-0.2, 0) is 0 Å². The van der Waals surface area contributed by atoms with E-state index >= 15 is 0 Å². The summed E-state index contributed by atoms with van der Waals surface area (Å²) in [6, 6.07) is 12.3. The Bertz CT molecular complexity index is 615. The fraction of sp³-hybridized carbons (Fsp3) is 0.412. The van der Waals surface area contributed by atoms with Crippen LogP contribution in [0.3, 0.4) is 0 Å². The highest BCUT2D eigenvalue weighted by Gasteiger charge is 2.18. The first-order chi connectivity index (χ1) is 10.8. The van der Waals surface area contributed by atoms with Crippen LogP contribution in [0.5, 0.6) is 0 Å². The van der Waals surface area contributed by atoms with Gasteiger partial charge in [0.15, 0.2) is 5.82 Å². The molecule has 0 aliphatic carbocycles. The van der Waals surface area contributed by atoms with Gasteiger partial charge in [0.2, 0.25) is 0 Å². The molecule has 124 valence electrons. The average Bonchev–Trinajstić information content (AvgIpc) is 2.62. The van der Waals surface area contributed by atoms with Crippen LogP contribution in [0, 0.1) is 0 Å². The zero-order chi connectivity index (χ0) is 15.4. The molecular formula is C17H23ClN4S. The maximum atomic E-state index is 4.81. The molecule has 4 nitrogen and oxygen atoms in total. The van der Waals surface area contributed by atoms with Crippen molar-refractivity contribution < 1.29 is 0 Å². The number of aromatic nitrogens is 2. The van der Waals surface area contributed by atoms with Gasteiger partial charge in [-0.1, -0.05) is 37.3 Å². The Kier molecular flexibility index (Phi) is 6.69. The third-order valence-electron chi connectivity index (χ3n) is 4.07. The highest BCUT2D eigenvalue weighted by atomic mass is 35.5. The second-order valence-electron chi connectivity index (χ2n) is 5.38. The summed E-state index contributed by atoms with van der Waals surface area (Å²) in [6.45, 7) is 7.63. The molecule has 0 atom stereocenters. The number of nitrogens with zero attached hydrogens (tertiary/aromatic N) is 4. The molecule has 0 radical (unpaired) electrons. The molecule has 0 spiro atoms. The van der Waals surface area contributed by atoms with E-state index < -0.39 is 0 Å². The summed E-state index contributed by atoms with van der Waals surface area (Å²) in [4.78, 5) is 14.3. The number of hydrogen-bond acceptors (Lipinski definition) is 5. The van der Waals surface area contributed by atoms with Gasteiger partial charge in [0.25, 0.3) is 0 Å². The van der Waals surface area contributed by atoms with Crippen molar-refractivity contribution in [2.24, 2.45) is 0 Å². The van der Waals surface area contributed by atoms with Gasteiger partial charge in [0.1, 0.15) is 10.8 Å². The largest absolute Gasteiger partial charge is 0.354 e. The van der Waals surface area contributed by atoms with Crippen molar-refractivity contribution in [2.75, 3.05) is 43.9 Å². The summed E-state index contributed by atoms with van der Waals surface area (Å²) in [6.07, 6.45) is 2.07. The van der Waals surface area contributed by atoms with Gasteiger partial charge in [-0.25, -0.2) is 9.97 Å². The number of rotatable bonds is 4. The molecule has 1 aliphatic heterocycles. The van der Waals surface area contributed by atoms with Crippen molar-refractivity contribution in [2.45, 2.75) is 11.9 Å². The number of anilines is 1. The monoisotopic (exact) mass is 350 g/mol. The molecule has 1 aliphatic rings. The second kappa shape index (κ2) is 8.52. The van der Waals surface area contributed by atoms with Crippen LogP contribution < -0.4 is 4.90 Å². The Morgan fingerprint density at radius 3 is 2.35 bits per heavy atom. The number of likely N-dealkylation sites (N-methyl/N-ethyl adjacent to an activating group) is 1. The summed E-state index contributed by atoms with van der Waals surface area (Å²) in [5.41, 5.74) is 1.08. The Morgan fingerprint density at radius 1 is 1.04 bits per heavy atom. The Labute approximate surface area is 148 Å². The summed E-state index contributed by atoms with van der Waals surface area (Å²) < 4.78 is 0. The molecule has 0 N–H and O–H groups in total. The quantitative estimate of drug-likeness (QED) is 0.623. The van der Waals surface area contributed by atoms with E-state index in [1.165, 1.54) is 0 Å². The van der Waals surface area contributed by atoms with Gasteiger partial charge in [0.05, 0.1) is 0 Å². The molecule has 3 rings (SSSR count). The molecule has 0 unspecified atom stereocenters. The van der Waals surface area contributed by atoms with Gasteiger partial charge in [-0.2, -0.15) is 0 Å². The van der Waals surface area contributed by atoms with E-state index in [2.05, 4.69) is 46.2 Å². The van der Waals surface area contributed by atoms with Gasteiger partial charge in [-0.05, 0) is 12.8 Å². The van der Waals surface area contributed by atoms with Crippen molar-refractivity contribution in [3.8, 4) is 11.4 Å². The second-order valence-corrected chi connectivity index (χ2v) is 6.21. The van der Waals surface area contributed by atoms with Crippen molar-refractivity contribution in [3.63, 3.8) is 0 Å². The van der Waals surface area contributed by atoms with E-state index in [-0.39, 0.29) is 12.4 Å². The molecule has 0 amide bonds. The van der Waals surface area contributed by atoms with Gasteiger partial charge in [-0.3, -0.25) is 0 Å². The SMILES string of the molecule is CCN1CCN(c2cc(SC)nc(-c3ccccc3)n2)CC1.Cl. The topological polar surface area (TPSA) is 32.3 Å². The van der Waals surface area contributed by atoms with E-state index in [0.717, 1.165) is 55.0 Å². The summed E-state index contributed by atoms with van der Waals surface area (Å²) in [5.74, 6) is 1.87. The molecule has 1 saturated heterocycles. The number of benzene rings is 1. The zero-order valence-corrected chi connectivity index (χ0v) is 15.2. The van der Waals surface area contributed by atoms with Crippen LogP contribution in [-0.4, -0.2) is 53.8 Å². The number of thioether (sulfide) groups is 1. The molecule has 0 bridgehead atoms. The molecule has 1 aromatic heterocycles. The fourth-order valence-electron chi connectivity index (χ4n) is 2.69. The first kappa shape index (κ1) is 18.0. The van der Waals surface area contributed by atoms with Crippen LogP contribution in [0.15, 0.2) is 41.4 Å². The fourth-order valence-corrected chi connectivity index (χ4v) is 3.09. The number of halogens is 1. The van der Waals surface area contributed by atoms with Crippen molar-refractivity contribution in [1.82, 2.24) is 14.9 Å². The molecule has 1 aromatic carbocycles.